The maximum atomic E-state index is 11.4. The second-order valence-corrected chi connectivity index (χ2v) is 4.93. The molecule has 0 saturated carbocycles. The monoisotopic (exact) mass is 227 g/mol. The van der Waals surface area contributed by atoms with E-state index in [0.29, 0.717) is 12.6 Å². The predicted molar refractivity (Wildman–Crippen MR) is 66.4 cm³/mol. The molecule has 1 unspecified atom stereocenters. The molecule has 0 aromatic heterocycles. The molecule has 1 aliphatic rings. The molecular weight excluding hydrogens is 202 g/mol. The van der Waals surface area contributed by atoms with Crippen LogP contribution < -0.4 is 5.32 Å². The van der Waals surface area contributed by atoms with E-state index in [4.69, 9.17) is 0 Å². The van der Waals surface area contributed by atoms with Crippen LogP contribution in [0.15, 0.2) is 0 Å². The van der Waals surface area contributed by atoms with Gasteiger partial charge in [0.25, 0.3) is 0 Å². The number of likely N-dealkylation sites (tertiary alicyclic amines) is 1. The van der Waals surface area contributed by atoms with Gasteiger partial charge in [0, 0.05) is 26.7 Å². The Morgan fingerprint density at radius 2 is 1.94 bits per heavy atom. The van der Waals surface area contributed by atoms with Gasteiger partial charge in [-0.25, -0.2) is 0 Å². The van der Waals surface area contributed by atoms with Crippen LogP contribution in [-0.4, -0.2) is 62.0 Å². The average Bonchev–Trinajstić information content (AvgIpc) is 2.27. The van der Waals surface area contributed by atoms with E-state index in [1.165, 1.54) is 32.4 Å². The van der Waals surface area contributed by atoms with Crippen molar-refractivity contribution in [3.05, 3.63) is 0 Å². The minimum atomic E-state index is 0.144. The van der Waals surface area contributed by atoms with Gasteiger partial charge in [-0.2, -0.15) is 0 Å². The number of rotatable bonds is 5. The molecule has 1 fully saturated rings. The van der Waals surface area contributed by atoms with Gasteiger partial charge in [0.15, 0.2) is 0 Å². The standard InChI is InChI=1S/C12H25N3O/c1-11(13-9-12(16)14(2)3)10-15-7-5-4-6-8-15/h11,13H,4-10H2,1-3H3. The fourth-order valence-electron chi connectivity index (χ4n) is 2.01. The first-order chi connectivity index (χ1) is 7.59. The van der Waals surface area contributed by atoms with E-state index in [-0.39, 0.29) is 5.91 Å². The Morgan fingerprint density at radius 3 is 2.50 bits per heavy atom. The summed E-state index contributed by atoms with van der Waals surface area (Å²) in [6.07, 6.45) is 4.02. The zero-order valence-electron chi connectivity index (χ0n) is 10.8. The number of nitrogens with zero attached hydrogens (tertiary/aromatic N) is 2. The molecule has 1 atom stereocenters. The molecule has 0 radical (unpaired) electrons. The Balaban J connectivity index is 2.14. The highest BCUT2D eigenvalue weighted by Crippen LogP contribution is 2.08. The summed E-state index contributed by atoms with van der Waals surface area (Å²) in [5.41, 5.74) is 0. The highest BCUT2D eigenvalue weighted by molar-refractivity contribution is 5.77. The topological polar surface area (TPSA) is 35.6 Å². The Morgan fingerprint density at radius 1 is 1.31 bits per heavy atom. The van der Waals surface area contributed by atoms with E-state index < -0.39 is 0 Å². The highest BCUT2D eigenvalue weighted by atomic mass is 16.2. The van der Waals surface area contributed by atoms with E-state index in [1.807, 2.05) is 0 Å². The number of amides is 1. The Bertz CT molecular complexity index is 212. The fraction of sp³-hybridized carbons (Fsp3) is 0.917. The number of nitrogens with one attached hydrogen (secondary N) is 1. The number of carbonyl (C=O) groups is 1. The van der Waals surface area contributed by atoms with Gasteiger partial charge in [-0.1, -0.05) is 6.42 Å². The minimum absolute atomic E-state index is 0.144. The molecular formula is C12H25N3O. The second-order valence-electron chi connectivity index (χ2n) is 4.93. The van der Waals surface area contributed by atoms with Gasteiger partial charge in [0.2, 0.25) is 5.91 Å². The molecule has 1 rings (SSSR count). The minimum Gasteiger partial charge on any atom is -0.348 e. The molecule has 0 aromatic carbocycles. The van der Waals surface area contributed by atoms with E-state index in [0.717, 1.165) is 6.54 Å². The third kappa shape index (κ3) is 4.94. The molecule has 4 heteroatoms. The maximum Gasteiger partial charge on any atom is 0.236 e. The van der Waals surface area contributed by atoms with Crippen LogP contribution in [0.1, 0.15) is 26.2 Å². The van der Waals surface area contributed by atoms with Crippen molar-refractivity contribution < 1.29 is 4.79 Å². The molecule has 1 aliphatic heterocycles. The van der Waals surface area contributed by atoms with Crippen molar-refractivity contribution in [2.75, 3.05) is 40.3 Å². The zero-order valence-corrected chi connectivity index (χ0v) is 10.8. The first-order valence-corrected chi connectivity index (χ1v) is 6.25. The average molecular weight is 227 g/mol. The summed E-state index contributed by atoms with van der Waals surface area (Å²) in [7, 11) is 3.58. The summed E-state index contributed by atoms with van der Waals surface area (Å²) in [5.74, 6) is 0.144. The summed E-state index contributed by atoms with van der Waals surface area (Å²) in [4.78, 5) is 15.5. The summed E-state index contributed by atoms with van der Waals surface area (Å²) in [6.45, 7) is 6.08. The SMILES string of the molecule is CC(CN1CCCCC1)NCC(=O)N(C)C. The zero-order chi connectivity index (χ0) is 12.0. The normalized spacial score (nSPS) is 19.4. The van der Waals surface area contributed by atoms with Gasteiger partial charge in [-0.3, -0.25) is 4.79 Å². The van der Waals surface area contributed by atoms with E-state index >= 15 is 0 Å². The molecule has 4 nitrogen and oxygen atoms in total. The van der Waals surface area contributed by atoms with Crippen molar-refractivity contribution in [1.29, 1.82) is 0 Å². The summed E-state index contributed by atoms with van der Waals surface area (Å²) < 4.78 is 0. The van der Waals surface area contributed by atoms with Crippen LogP contribution in [0.3, 0.4) is 0 Å². The van der Waals surface area contributed by atoms with Crippen molar-refractivity contribution in [3.63, 3.8) is 0 Å². The molecule has 0 spiro atoms. The van der Waals surface area contributed by atoms with Gasteiger partial charge >= 0.3 is 0 Å². The maximum absolute atomic E-state index is 11.4. The largest absolute Gasteiger partial charge is 0.348 e. The van der Waals surface area contributed by atoms with Crippen LogP contribution in [0.25, 0.3) is 0 Å². The lowest BCUT2D eigenvalue weighted by atomic mass is 10.1. The van der Waals surface area contributed by atoms with E-state index in [1.54, 1.807) is 19.0 Å². The number of hydrogen-bond acceptors (Lipinski definition) is 3. The van der Waals surface area contributed by atoms with Gasteiger partial charge < -0.3 is 15.1 Å². The first-order valence-electron chi connectivity index (χ1n) is 6.25. The molecule has 1 N–H and O–H groups in total. The summed E-state index contributed by atoms with van der Waals surface area (Å²) in [5, 5.41) is 3.28. The molecule has 0 aliphatic carbocycles. The Kier molecular flexibility index (Phi) is 5.77. The quantitative estimate of drug-likeness (QED) is 0.744. The third-order valence-corrected chi connectivity index (χ3v) is 3.08. The number of likely N-dealkylation sites (N-methyl/N-ethyl adjacent to an activating group) is 1. The third-order valence-electron chi connectivity index (χ3n) is 3.08. The molecule has 16 heavy (non-hydrogen) atoms. The van der Waals surface area contributed by atoms with Gasteiger partial charge in [0.05, 0.1) is 6.54 Å². The number of carbonyl (C=O) groups excluding carboxylic acids is 1. The first kappa shape index (κ1) is 13.5. The summed E-state index contributed by atoms with van der Waals surface area (Å²) in [6, 6.07) is 0.391. The van der Waals surface area contributed by atoms with E-state index in [9.17, 15) is 4.79 Å². The van der Waals surface area contributed by atoms with Crippen molar-refractivity contribution in [2.45, 2.75) is 32.2 Å². The lowest BCUT2D eigenvalue weighted by Crippen LogP contribution is -2.44. The molecule has 1 saturated heterocycles. The van der Waals surface area contributed by atoms with Crippen molar-refractivity contribution in [1.82, 2.24) is 15.1 Å². The lowest BCUT2D eigenvalue weighted by molar-refractivity contribution is -0.127. The molecule has 1 amide bonds. The molecule has 1 heterocycles. The van der Waals surface area contributed by atoms with Crippen LogP contribution in [0.5, 0.6) is 0 Å². The van der Waals surface area contributed by atoms with Crippen LogP contribution >= 0.6 is 0 Å². The second kappa shape index (κ2) is 6.86. The molecule has 0 bridgehead atoms. The predicted octanol–water partition coefficient (Wildman–Crippen LogP) is 0.539. The number of hydrogen-bond donors (Lipinski definition) is 1. The van der Waals surface area contributed by atoms with Gasteiger partial charge in [-0.15, -0.1) is 0 Å². The van der Waals surface area contributed by atoms with Gasteiger partial charge in [0.1, 0.15) is 0 Å². The Labute approximate surface area is 99.0 Å². The highest BCUT2D eigenvalue weighted by Gasteiger charge is 2.14. The molecule has 94 valence electrons. The van der Waals surface area contributed by atoms with Crippen LogP contribution in [-0.2, 0) is 4.79 Å². The van der Waals surface area contributed by atoms with Crippen molar-refractivity contribution >= 4 is 5.91 Å². The smallest absolute Gasteiger partial charge is 0.236 e. The fourth-order valence-corrected chi connectivity index (χ4v) is 2.01. The lowest BCUT2D eigenvalue weighted by Gasteiger charge is -2.29. The van der Waals surface area contributed by atoms with Crippen molar-refractivity contribution in [2.24, 2.45) is 0 Å². The van der Waals surface area contributed by atoms with Crippen LogP contribution in [0.2, 0.25) is 0 Å². The van der Waals surface area contributed by atoms with Crippen molar-refractivity contribution in [3.8, 4) is 0 Å². The van der Waals surface area contributed by atoms with Gasteiger partial charge in [-0.05, 0) is 32.9 Å². The number of piperidine rings is 1. The van der Waals surface area contributed by atoms with E-state index in [2.05, 4.69) is 17.1 Å². The molecule has 0 aromatic rings. The summed E-state index contributed by atoms with van der Waals surface area (Å²) >= 11 is 0. The van der Waals surface area contributed by atoms with Crippen LogP contribution in [0.4, 0.5) is 0 Å². The van der Waals surface area contributed by atoms with Crippen LogP contribution in [0, 0.1) is 0 Å². The Hall–Kier alpha value is -0.610.